The fraction of sp³-hybridized carbons (Fsp3) is 0.346. The van der Waals surface area contributed by atoms with Gasteiger partial charge in [0.05, 0.1) is 11.3 Å². The second-order valence-corrected chi connectivity index (χ2v) is 8.59. The highest BCUT2D eigenvalue weighted by molar-refractivity contribution is 6.00. The van der Waals surface area contributed by atoms with Crippen LogP contribution in [0.3, 0.4) is 0 Å². The minimum Gasteiger partial charge on any atom is -0.352 e. The number of carbonyl (C=O) groups is 2. The quantitative estimate of drug-likeness (QED) is 0.603. The van der Waals surface area contributed by atoms with Crippen molar-refractivity contribution in [1.29, 1.82) is 0 Å². The number of rotatable bonds is 6. The van der Waals surface area contributed by atoms with Gasteiger partial charge in [-0.2, -0.15) is 5.10 Å². The molecule has 7 heteroatoms. The Labute approximate surface area is 193 Å². The number of benzene rings is 2. The van der Waals surface area contributed by atoms with Gasteiger partial charge in [0.2, 0.25) is 5.91 Å². The van der Waals surface area contributed by atoms with E-state index in [-0.39, 0.29) is 23.7 Å². The van der Waals surface area contributed by atoms with Crippen molar-refractivity contribution >= 4 is 11.8 Å². The van der Waals surface area contributed by atoms with Crippen molar-refractivity contribution in [1.82, 2.24) is 20.0 Å². The van der Waals surface area contributed by atoms with Crippen molar-refractivity contribution < 1.29 is 14.0 Å². The maximum atomic E-state index is 13.6. The summed E-state index contributed by atoms with van der Waals surface area (Å²) in [6, 6.07) is 13.8. The molecule has 1 N–H and O–H groups in total. The van der Waals surface area contributed by atoms with Gasteiger partial charge >= 0.3 is 0 Å². The smallest absolute Gasteiger partial charge is 0.257 e. The van der Waals surface area contributed by atoms with Crippen molar-refractivity contribution in [3.63, 3.8) is 0 Å². The van der Waals surface area contributed by atoms with Crippen molar-refractivity contribution in [2.75, 3.05) is 13.1 Å². The van der Waals surface area contributed by atoms with Gasteiger partial charge in [0.25, 0.3) is 5.91 Å². The highest BCUT2D eigenvalue weighted by atomic mass is 19.1. The van der Waals surface area contributed by atoms with E-state index in [1.807, 2.05) is 38.1 Å². The summed E-state index contributed by atoms with van der Waals surface area (Å²) in [5.41, 5.74) is 3.71. The van der Waals surface area contributed by atoms with E-state index in [0.717, 1.165) is 30.4 Å². The third kappa shape index (κ3) is 5.30. The van der Waals surface area contributed by atoms with Gasteiger partial charge in [0, 0.05) is 37.3 Å². The molecule has 4 rings (SSSR count). The number of nitrogens with zero attached hydrogens (tertiary/aromatic N) is 3. The van der Waals surface area contributed by atoms with Crippen LogP contribution in [0.25, 0.3) is 16.9 Å². The maximum Gasteiger partial charge on any atom is 0.257 e. The van der Waals surface area contributed by atoms with Crippen LogP contribution in [0, 0.1) is 12.7 Å². The summed E-state index contributed by atoms with van der Waals surface area (Å²) < 4.78 is 15.0. The first-order chi connectivity index (χ1) is 15.9. The number of nitrogens with one attached hydrogen (secondary N) is 1. The van der Waals surface area contributed by atoms with Gasteiger partial charge in [-0.05, 0) is 50.5 Å². The number of piperidine rings is 1. The second kappa shape index (κ2) is 9.98. The molecule has 3 aromatic rings. The van der Waals surface area contributed by atoms with E-state index in [0.29, 0.717) is 36.5 Å². The summed E-state index contributed by atoms with van der Waals surface area (Å²) in [6.07, 6.45) is 4.69. The fourth-order valence-corrected chi connectivity index (χ4v) is 4.16. The van der Waals surface area contributed by atoms with Gasteiger partial charge in [0.15, 0.2) is 0 Å². The fourth-order valence-electron chi connectivity index (χ4n) is 4.16. The molecule has 0 spiro atoms. The molecular weight excluding hydrogens is 419 g/mol. The van der Waals surface area contributed by atoms with E-state index in [4.69, 9.17) is 5.10 Å². The predicted molar refractivity (Wildman–Crippen MR) is 126 cm³/mol. The Kier molecular flexibility index (Phi) is 6.87. The van der Waals surface area contributed by atoms with Gasteiger partial charge in [-0.3, -0.25) is 9.59 Å². The number of carbonyl (C=O) groups excluding carboxylic acids is 2. The molecule has 2 heterocycles. The first kappa shape index (κ1) is 22.7. The van der Waals surface area contributed by atoms with E-state index in [1.54, 1.807) is 27.9 Å². The molecule has 0 saturated carbocycles. The number of halogens is 1. The monoisotopic (exact) mass is 448 g/mol. The molecule has 1 saturated heterocycles. The molecule has 33 heavy (non-hydrogen) atoms. The lowest BCUT2D eigenvalue weighted by Crippen LogP contribution is -2.49. The lowest BCUT2D eigenvalue weighted by molar-refractivity contribution is -0.122. The average molecular weight is 449 g/mol. The lowest BCUT2D eigenvalue weighted by Gasteiger charge is -2.33. The van der Waals surface area contributed by atoms with Crippen molar-refractivity contribution in [3.8, 4) is 16.9 Å². The molecule has 172 valence electrons. The number of aryl methyl sites for hydroxylation is 1. The van der Waals surface area contributed by atoms with Gasteiger partial charge in [-0.25, -0.2) is 9.07 Å². The first-order valence-corrected chi connectivity index (χ1v) is 11.5. The number of aromatic nitrogens is 2. The second-order valence-electron chi connectivity index (χ2n) is 8.59. The third-order valence-electron chi connectivity index (χ3n) is 5.91. The van der Waals surface area contributed by atoms with Crippen LogP contribution in [0.5, 0.6) is 0 Å². The Morgan fingerprint density at radius 2 is 1.85 bits per heavy atom. The molecule has 1 aliphatic heterocycles. The lowest BCUT2D eigenvalue weighted by atomic mass is 10.0. The Bertz CT molecular complexity index is 1120. The zero-order chi connectivity index (χ0) is 23.4. The molecule has 0 bridgehead atoms. The normalized spacial score (nSPS) is 16.0. The molecule has 2 aromatic carbocycles. The minimum absolute atomic E-state index is 0.0290. The van der Waals surface area contributed by atoms with Crippen LogP contribution >= 0.6 is 0 Å². The van der Waals surface area contributed by atoms with Crippen LogP contribution in [0.15, 0.2) is 54.7 Å². The minimum atomic E-state index is -0.328. The van der Waals surface area contributed by atoms with Crippen molar-refractivity contribution in [2.24, 2.45) is 0 Å². The summed E-state index contributed by atoms with van der Waals surface area (Å²) in [7, 11) is 0. The van der Waals surface area contributed by atoms with Gasteiger partial charge in [-0.15, -0.1) is 0 Å². The number of hydrogen-bond donors (Lipinski definition) is 1. The van der Waals surface area contributed by atoms with Gasteiger partial charge in [-0.1, -0.05) is 36.8 Å². The number of amides is 2. The van der Waals surface area contributed by atoms with Crippen LogP contribution < -0.4 is 5.32 Å². The Hall–Kier alpha value is -3.48. The Balaban J connectivity index is 1.64. The van der Waals surface area contributed by atoms with Crippen LogP contribution in [0.2, 0.25) is 0 Å². The number of hydrogen-bond acceptors (Lipinski definition) is 3. The SMILES string of the molecule is CCCC(=O)NC1CCCN(C(=O)c2cn(-c3ccc(F)cc3)nc2-c2ccc(C)cc2)C1. The van der Waals surface area contributed by atoms with E-state index >= 15 is 0 Å². The third-order valence-corrected chi connectivity index (χ3v) is 5.91. The highest BCUT2D eigenvalue weighted by Crippen LogP contribution is 2.26. The van der Waals surface area contributed by atoms with E-state index in [9.17, 15) is 14.0 Å². The summed E-state index contributed by atoms with van der Waals surface area (Å²) in [6.45, 7) is 5.09. The topological polar surface area (TPSA) is 67.2 Å². The van der Waals surface area contributed by atoms with Gasteiger partial charge < -0.3 is 10.2 Å². The highest BCUT2D eigenvalue weighted by Gasteiger charge is 2.28. The van der Waals surface area contributed by atoms with Crippen molar-refractivity contribution in [3.05, 3.63) is 71.7 Å². The molecule has 1 fully saturated rings. The molecule has 1 aromatic heterocycles. The Morgan fingerprint density at radius 1 is 1.12 bits per heavy atom. The largest absolute Gasteiger partial charge is 0.352 e. The summed E-state index contributed by atoms with van der Waals surface area (Å²) in [5, 5.41) is 7.75. The van der Waals surface area contributed by atoms with Crippen LogP contribution in [0.4, 0.5) is 4.39 Å². The summed E-state index contributed by atoms with van der Waals surface area (Å²) >= 11 is 0. The van der Waals surface area contributed by atoms with Crippen LogP contribution in [-0.4, -0.2) is 45.6 Å². The molecule has 0 aliphatic carbocycles. The van der Waals surface area contributed by atoms with Crippen molar-refractivity contribution in [2.45, 2.75) is 45.6 Å². The van der Waals surface area contributed by atoms with Gasteiger partial charge in [0.1, 0.15) is 11.5 Å². The number of likely N-dealkylation sites (tertiary alicyclic amines) is 1. The van der Waals surface area contributed by atoms with E-state index in [2.05, 4.69) is 5.32 Å². The first-order valence-electron chi connectivity index (χ1n) is 11.5. The molecule has 1 unspecified atom stereocenters. The average Bonchev–Trinajstić information content (AvgIpc) is 3.25. The molecule has 2 amide bonds. The zero-order valence-electron chi connectivity index (χ0n) is 19.1. The molecule has 1 aliphatic rings. The predicted octanol–water partition coefficient (Wildman–Crippen LogP) is 4.51. The molecule has 1 atom stereocenters. The molecule has 6 nitrogen and oxygen atoms in total. The summed E-state index contributed by atoms with van der Waals surface area (Å²) in [4.78, 5) is 27.5. The molecular formula is C26H29FN4O2. The van der Waals surface area contributed by atoms with E-state index in [1.165, 1.54) is 12.1 Å². The maximum absolute atomic E-state index is 13.6. The Morgan fingerprint density at radius 3 is 2.55 bits per heavy atom. The zero-order valence-corrected chi connectivity index (χ0v) is 19.1. The standard InChI is InChI=1S/C26H29FN4O2/c1-3-5-24(32)28-21-6-4-15-30(16-21)26(33)23-17-31(22-13-11-20(27)12-14-22)29-25(23)19-9-7-18(2)8-10-19/h7-14,17,21H,3-6,15-16H2,1-2H3,(H,28,32). The van der Waals surface area contributed by atoms with E-state index < -0.39 is 0 Å². The summed E-state index contributed by atoms with van der Waals surface area (Å²) in [5.74, 6) is -0.417. The van der Waals surface area contributed by atoms with Crippen LogP contribution in [0.1, 0.15) is 48.5 Å². The van der Waals surface area contributed by atoms with Crippen LogP contribution in [-0.2, 0) is 4.79 Å². The molecule has 0 radical (unpaired) electrons.